The van der Waals surface area contributed by atoms with E-state index in [9.17, 15) is 5.11 Å². The highest BCUT2D eigenvalue weighted by atomic mass is 16.5. The van der Waals surface area contributed by atoms with Crippen LogP contribution in [0.5, 0.6) is 11.8 Å². The first-order valence-electron chi connectivity index (χ1n) is 10.5. The van der Waals surface area contributed by atoms with Gasteiger partial charge in [0.25, 0.3) is 0 Å². The van der Waals surface area contributed by atoms with Crippen LogP contribution in [0.25, 0.3) is 11.3 Å². The SMILES string of the molecule is Cc1ccc(O)c(C=NNc2cc(-c3ccncc3)nc(OCCN3CCOCC3)n2)c1. The summed E-state index contributed by atoms with van der Waals surface area (Å²) in [5.74, 6) is 0.644. The largest absolute Gasteiger partial charge is 0.507 e. The van der Waals surface area contributed by atoms with Gasteiger partial charge in [0, 0.05) is 49.2 Å². The average Bonchev–Trinajstić information content (AvgIpc) is 2.82. The number of rotatable bonds is 8. The highest BCUT2D eigenvalue weighted by Crippen LogP contribution is 2.22. The number of morpholine rings is 1. The van der Waals surface area contributed by atoms with Gasteiger partial charge in [-0.05, 0) is 31.2 Å². The fourth-order valence-electron chi connectivity index (χ4n) is 3.25. The molecule has 4 rings (SSSR count). The van der Waals surface area contributed by atoms with Crippen molar-refractivity contribution in [2.45, 2.75) is 6.92 Å². The number of phenolic OH excluding ortho intramolecular Hbond substituents is 1. The van der Waals surface area contributed by atoms with E-state index >= 15 is 0 Å². The Hall–Kier alpha value is -3.56. The third-order valence-corrected chi connectivity index (χ3v) is 4.99. The van der Waals surface area contributed by atoms with E-state index < -0.39 is 0 Å². The van der Waals surface area contributed by atoms with Gasteiger partial charge in [0.2, 0.25) is 0 Å². The number of hydrogen-bond donors (Lipinski definition) is 2. The van der Waals surface area contributed by atoms with E-state index in [1.807, 2.05) is 31.2 Å². The molecule has 2 N–H and O–H groups in total. The second kappa shape index (κ2) is 10.7. The van der Waals surface area contributed by atoms with Gasteiger partial charge >= 0.3 is 6.01 Å². The number of anilines is 1. The van der Waals surface area contributed by atoms with E-state index in [4.69, 9.17) is 9.47 Å². The van der Waals surface area contributed by atoms with Gasteiger partial charge in [-0.1, -0.05) is 11.6 Å². The third kappa shape index (κ3) is 5.99. The maximum atomic E-state index is 9.99. The van der Waals surface area contributed by atoms with Crippen molar-refractivity contribution >= 4 is 12.0 Å². The molecule has 3 aromatic rings. The molecular formula is C23H26N6O3. The van der Waals surface area contributed by atoms with E-state index in [1.54, 1.807) is 30.7 Å². The first kappa shape index (κ1) is 21.7. The highest BCUT2D eigenvalue weighted by Gasteiger charge is 2.12. The smallest absolute Gasteiger partial charge is 0.319 e. The molecular weight excluding hydrogens is 408 g/mol. The van der Waals surface area contributed by atoms with Crippen molar-refractivity contribution in [2.75, 3.05) is 44.9 Å². The third-order valence-electron chi connectivity index (χ3n) is 4.99. The first-order chi connectivity index (χ1) is 15.7. The van der Waals surface area contributed by atoms with Gasteiger partial charge in [-0.3, -0.25) is 15.3 Å². The normalized spacial score (nSPS) is 14.5. The maximum Gasteiger partial charge on any atom is 0.319 e. The highest BCUT2D eigenvalue weighted by molar-refractivity contribution is 5.84. The minimum Gasteiger partial charge on any atom is -0.507 e. The van der Waals surface area contributed by atoms with Crippen LogP contribution in [-0.4, -0.2) is 70.6 Å². The minimum absolute atomic E-state index is 0.161. The lowest BCUT2D eigenvalue weighted by atomic mass is 10.1. The summed E-state index contributed by atoms with van der Waals surface area (Å²) < 4.78 is 11.2. The Balaban J connectivity index is 1.49. The molecule has 1 aliphatic heterocycles. The van der Waals surface area contributed by atoms with Crippen molar-refractivity contribution < 1.29 is 14.6 Å². The standard InChI is InChI=1S/C23H26N6O3/c1-17-2-3-21(30)19(14-17)16-25-28-22-15-20(18-4-6-24-7-5-18)26-23(27-22)32-13-10-29-8-11-31-12-9-29/h2-7,14-16,30H,8-13H2,1H3,(H,26,27,28). The molecule has 2 aromatic heterocycles. The van der Waals surface area contributed by atoms with Gasteiger partial charge in [0.15, 0.2) is 5.82 Å². The van der Waals surface area contributed by atoms with Crippen LogP contribution in [0, 0.1) is 6.92 Å². The summed E-state index contributed by atoms with van der Waals surface area (Å²) in [6.07, 6.45) is 4.97. The Morgan fingerprint density at radius 3 is 2.78 bits per heavy atom. The van der Waals surface area contributed by atoms with Gasteiger partial charge in [-0.15, -0.1) is 0 Å². The van der Waals surface area contributed by atoms with Crippen LogP contribution in [0.4, 0.5) is 5.82 Å². The molecule has 0 unspecified atom stereocenters. The van der Waals surface area contributed by atoms with Crippen molar-refractivity contribution in [2.24, 2.45) is 5.10 Å². The number of aromatic hydroxyl groups is 1. The summed E-state index contributed by atoms with van der Waals surface area (Å²) in [7, 11) is 0. The predicted molar refractivity (Wildman–Crippen MR) is 122 cm³/mol. The van der Waals surface area contributed by atoms with Gasteiger partial charge < -0.3 is 14.6 Å². The van der Waals surface area contributed by atoms with E-state index in [0.717, 1.165) is 44.0 Å². The summed E-state index contributed by atoms with van der Waals surface area (Å²) in [5, 5.41) is 14.2. The number of ether oxygens (including phenoxy) is 2. The summed E-state index contributed by atoms with van der Waals surface area (Å²) in [5.41, 5.74) is 6.15. The van der Waals surface area contributed by atoms with Crippen LogP contribution < -0.4 is 10.2 Å². The number of nitrogens with one attached hydrogen (secondary N) is 1. The predicted octanol–water partition coefficient (Wildman–Crippen LogP) is 2.71. The molecule has 1 saturated heterocycles. The van der Waals surface area contributed by atoms with E-state index in [0.29, 0.717) is 23.7 Å². The van der Waals surface area contributed by atoms with E-state index in [-0.39, 0.29) is 11.8 Å². The lowest BCUT2D eigenvalue weighted by Gasteiger charge is -2.26. The molecule has 0 spiro atoms. The number of hydrazone groups is 1. The molecule has 0 amide bonds. The molecule has 9 heteroatoms. The molecule has 166 valence electrons. The van der Waals surface area contributed by atoms with E-state index in [1.165, 1.54) is 0 Å². The molecule has 0 atom stereocenters. The van der Waals surface area contributed by atoms with Gasteiger partial charge in [0.1, 0.15) is 12.4 Å². The summed E-state index contributed by atoms with van der Waals surface area (Å²) in [6, 6.07) is 11.1. The zero-order valence-corrected chi connectivity index (χ0v) is 17.9. The molecule has 0 radical (unpaired) electrons. The Bertz CT molecular complexity index is 1050. The van der Waals surface area contributed by atoms with Crippen molar-refractivity contribution in [1.29, 1.82) is 0 Å². The zero-order valence-electron chi connectivity index (χ0n) is 17.9. The van der Waals surface area contributed by atoms with Gasteiger partial charge in [-0.2, -0.15) is 15.1 Å². The molecule has 9 nitrogen and oxygen atoms in total. The second-order valence-corrected chi connectivity index (χ2v) is 7.39. The van der Waals surface area contributed by atoms with Crippen LogP contribution in [0.2, 0.25) is 0 Å². The van der Waals surface area contributed by atoms with Crippen molar-refractivity contribution in [3.05, 3.63) is 59.9 Å². The molecule has 1 aliphatic rings. The monoisotopic (exact) mass is 434 g/mol. The number of benzene rings is 1. The Kier molecular flexibility index (Phi) is 7.21. The molecule has 3 heterocycles. The van der Waals surface area contributed by atoms with Crippen LogP contribution in [0.3, 0.4) is 0 Å². The molecule has 1 aromatic carbocycles. The minimum atomic E-state index is 0.161. The van der Waals surface area contributed by atoms with Crippen LogP contribution in [0.1, 0.15) is 11.1 Å². The molecule has 1 fully saturated rings. The van der Waals surface area contributed by atoms with Crippen LogP contribution >= 0.6 is 0 Å². The topological polar surface area (TPSA) is 105 Å². The lowest BCUT2D eigenvalue weighted by molar-refractivity contribution is 0.0317. The van der Waals surface area contributed by atoms with Gasteiger partial charge in [0.05, 0.1) is 25.1 Å². The summed E-state index contributed by atoms with van der Waals surface area (Å²) in [4.78, 5) is 15.3. The first-order valence-corrected chi connectivity index (χ1v) is 10.5. The lowest BCUT2D eigenvalue weighted by Crippen LogP contribution is -2.38. The summed E-state index contributed by atoms with van der Waals surface area (Å²) in [6.45, 7) is 6.49. The summed E-state index contributed by atoms with van der Waals surface area (Å²) >= 11 is 0. The molecule has 0 saturated carbocycles. The Morgan fingerprint density at radius 2 is 1.97 bits per heavy atom. The fourth-order valence-corrected chi connectivity index (χ4v) is 3.25. The molecule has 32 heavy (non-hydrogen) atoms. The van der Waals surface area contributed by atoms with Gasteiger partial charge in [-0.25, -0.2) is 0 Å². The number of pyridine rings is 1. The Morgan fingerprint density at radius 1 is 1.16 bits per heavy atom. The fraction of sp³-hybridized carbons (Fsp3) is 0.304. The van der Waals surface area contributed by atoms with Crippen LogP contribution in [-0.2, 0) is 4.74 Å². The number of aromatic nitrogens is 3. The average molecular weight is 435 g/mol. The number of aryl methyl sites for hydroxylation is 1. The van der Waals surface area contributed by atoms with Crippen molar-refractivity contribution in [3.8, 4) is 23.0 Å². The zero-order chi connectivity index (χ0) is 22.2. The molecule has 0 aliphatic carbocycles. The number of phenols is 1. The second-order valence-electron chi connectivity index (χ2n) is 7.39. The van der Waals surface area contributed by atoms with Crippen LogP contribution in [0.15, 0.2) is 53.9 Å². The number of hydrogen-bond acceptors (Lipinski definition) is 9. The quantitative estimate of drug-likeness (QED) is 0.412. The van der Waals surface area contributed by atoms with E-state index in [2.05, 4.69) is 30.4 Å². The number of nitrogens with zero attached hydrogens (tertiary/aromatic N) is 5. The maximum absolute atomic E-state index is 9.99. The van der Waals surface area contributed by atoms with Crippen molar-refractivity contribution in [1.82, 2.24) is 19.9 Å². The van der Waals surface area contributed by atoms with Crippen molar-refractivity contribution in [3.63, 3.8) is 0 Å². The molecule has 0 bridgehead atoms. The Labute approximate surface area is 186 Å².